The maximum atomic E-state index is 10.3. The first kappa shape index (κ1) is 10.5. The van der Waals surface area contributed by atoms with Crippen molar-refractivity contribution in [2.75, 3.05) is 0 Å². The minimum atomic E-state index is -0.475. The highest BCUT2D eigenvalue weighted by molar-refractivity contribution is 6.05. The second kappa shape index (κ2) is 4.00. The molecule has 2 aromatic carbocycles. The summed E-state index contributed by atoms with van der Waals surface area (Å²) in [6.45, 7) is 0. The first-order valence-electron chi connectivity index (χ1n) is 5.47. The number of benzene rings is 2. The normalized spacial score (nSPS) is 11.6. The minimum absolute atomic E-state index is 0.475. The molecule has 0 unspecified atom stereocenters. The van der Waals surface area contributed by atoms with Crippen LogP contribution in [0, 0.1) is 10.1 Å². The highest BCUT2D eigenvalue weighted by atomic mass is 16.6. The standard InChI is InChI=1S/C14H9NO3/c16-15(17)8-7-10-5-6-14-12(9-10)11-3-1-2-4-13(11)18-14/h1-9H. The molecule has 0 aliphatic carbocycles. The quantitative estimate of drug-likeness (QED) is 0.504. The Hall–Kier alpha value is -2.62. The summed E-state index contributed by atoms with van der Waals surface area (Å²) in [5.41, 5.74) is 2.39. The van der Waals surface area contributed by atoms with Crippen LogP contribution in [0.5, 0.6) is 0 Å². The summed E-state index contributed by atoms with van der Waals surface area (Å²) in [5, 5.41) is 12.3. The number of hydrogen-bond donors (Lipinski definition) is 0. The molecule has 0 saturated carbocycles. The molecule has 18 heavy (non-hydrogen) atoms. The van der Waals surface area contributed by atoms with Crippen LogP contribution in [0.3, 0.4) is 0 Å². The summed E-state index contributed by atoms with van der Waals surface area (Å²) in [6.07, 6.45) is 2.41. The van der Waals surface area contributed by atoms with Gasteiger partial charge in [-0.05, 0) is 23.8 Å². The van der Waals surface area contributed by atoms with Gasteiger partial charge in [-0.3, -0.25) is 10.1 Å². The lowest BCUT2D eigenvalue weighted by Crippen LogP contribution is -1.82. The van der Waals surface area contributed by atoms with Crippen LogP contribution >= 0.6 is 0 Å². The van der Waals surface area contributed by atoms with Crippen molar-refractivity contribution in [2.45, 2.75) is 0 Å². The summed E-state index contributed by atoms with van der Waals surface area (Å²) in [4.78, 5) is 9.82. The van der Waals surface area contributed by atoms with Gasteiger partial charge >= 0.3 is 0 Å². The Morgan fingerprint density at radius 1 is 1.06 bits per heavy atom. The molecule has 4 heteroatoms. The number of nitrogens with zero attached hydrogens (tertiary/aromatic N) is 1. The molecule has 0 amide bonds. The molecule has 0 saturated heterocycles. The zero-order valence-corrected chi connectivity index (χ0v) is 9.37. The Morgan fingerprint density at radius 3 is 2.67 bits per heavy atom. The van der Waals surface area contributed by atoms with Crippen molar-refractivity contribution in [3.05, 3.63) is 64.3 Å². The molecule has 4 nitrogen and oxygen atoms in total. The van der Waals surface area contributed by atoms with Crippen LogP contribution in [0.15, 0.2) is 53.1 Å². The van der Waals surface area contributed by atoms with E-state index in [2.05, 4.69) is 0 Å². The molecule has 1 heterocycles. The van der Waals surface area contributed by atoms with E-state index in [0.717, 1.165) is 33.7 Å². The Kier molecular flexibility index (Phi) is 2.34. The van der Waals surface area contributed by atoms with Crippen LogP contribution in [0.25, 0.3) is 28.0 Å². The molecular weight excluding hydrogens is 230 g/mol. The summed E-state index contributed by atoms with van der Waals surface area (Å²) < 4.78 is 5.68. The average molecular weight is 239 g/mol. The predicted molar refractivity (Wildman–Crippen MR) is 69.7 cm³/mol. The third-order valence-corrected chi connectivity index (χ3v) is 2.79. The lowest BCUT2D eigenvalue weighted by molar-refractivity contribution is -0.400. The molecule has 0 aliphatic rings. The lowest BCUT2D eigenvalue weighted by atomic mass is 10.1. The highest BCUT2D eigenvalue weighted by Gasteiger charge is 2.05. The van der Waals surface area contributed by atoms with E-state index in [-0.39, 0.29) is 0 Å². The molecule has 0 fully saturated rings. The zero-order chi connectivity index (χ0) is 12.5. The number of nitro groups is 1. The van der Waals surface area contributed by atoms with Gasteiger partial charge in [-0.25, -0.2) is 0 Å². The molecular formula is C14H9NO3. The largest absolute Gasteiger partial charge is 0.456 e. The number of rotatable bonds is 2. The number of hydrogen-bond acceptors (Lipinski definition) is 3. The number of furan rings is 1. The van der Waals surface area contributed by atoms with Crippen molar-refractivity contribution in [1.82, 2.24) is 0 Å². The van der Waals surface area contributed by atoms with E-state index >= 15 is 0 Å². The first-order chi connectivity index (χ1) is 8.74. The van der Waals surface area contributed by atoms with E-state index in [1.54, 1.807) is 6.07 Å². The predicted octanol–water partition coefficient (Wildman–Crippen LogP) is 3.83. The van der Waals surface area contributed by atoms with Crippen LogP contribution < -0.4 is 0 Å². The number of fused-ring (bicyclic) bond motifs is 3. The fraction of sp³-hybridized carbons (Fsp3) is 0. The molecule has 0 N–H and O–H groups in total. The van der Waals surface area contributed by atoms with Crippen LogP contribution in [-0.2, 0) is 0 Å². The van der Waals surface area contributed by atoms with Gasteiger partial charge < -0.3 is 4.42 Å². The van der Waals surface area contributed by atoms with Crippen molar-refractivity contribution < 1.29 is 9.34 Å². The van der Waals surface area contributed by atoms with E-state index in [0.29, 0.717) is 0 Å². The van der Waals surface area contributed by atoms with Gasteiger partial charge in [0.1, 0.15) is 11.2 Å². The van der Waals surface area contributed by atoms with Crippen molar-refractivity contribution in [1.29, 1.82) is 0 Å². The molecule has 0 spiro atoms. The van der Waals surface area contributed by atoms with E-state index in [1.165, 1.54) is 6.08 Å². The van der Waals surface area contributed by atoms with Gasteiger partial charge in [0.2, 0.25) is 6.20 Å². The second-order valence-corrected chi connectivity index (χ2v) is 3.95. The third-order valence-electron chi connectivity index (χ3n) is 2.79. The zero-order valence-electron chi connectivity index (χ0n) is 9.37. The summed E-state index contributed by atoms with van der Waals surface area (Å²) in [7, 11) is 0. The lowest BCUT2D eigenvalue weighted by Gasteiger charge is -1.92. The minimum Gasteiger partial charge on any atom is -0.456 e. The average Bonchev–Trinajstić information content (AvgIpc) is 2.74. The number of para-hydroxylation sites is 1. The van der Waals surface area contributed by atoms with Crippen molar-refractivity contribution >= 4 is 28.0 Å². The van der Waals surface area contributed by atoms with Crippen molar-refractivity contribution in [3.8, 4) is 0 Å². The van der Waals surface area contributed by atoms with E-state index in [4.69, 9.17) is 4.42 Å². The van der Waals surface area contributed by atoms with E-state index in [9.17, 15) is 10.1 Å². The molecule has 0 atom stereocenters. The van der Waals surface area contributed by atoms with Gasteiger partial charge in [0.15, 0.2) is 0 Å². The SMILES string of the molecule is O=[N+]([O-])C=Cc1ccc2oc3ccccc3c2c1. The van der Waals surface area contributed by atoms with Gasteiger partial charge in [0.05, 0.1) is 4.92 Å². The first-order valence-corrected chi connectivity index (χ1v) is 5.47. The van der Waals surface area contributed by atoms with E-state index < -0.39 is 4.92 Å². The van der Waals surface area contributed by atoms with Gasteiger partial charge in [-0.15, -0.1) is 0 Å². The topological polar surface area (TPSA) is 56.3 Å². The van der Waals surface area contributed by atoms with Gasteiger partial charge in [0, 0.05) is 16.8 Å². The molecule has 0 aliphatic heterocycles. The van der Waals surface area contributed by atoms with Crippen molar-refractivity contribution in [2.24, 2.45) is 0 Å². The Labute approximate surface area is 102 Å². The maximum absolute atomic E-state index is 10.3. The van der Waals surface area contributed by atoms with Gasteiger partial charge in [0.25, 0.3) is 0 Å². The smallest absolute Gasteiger partial charge is 0.235 e. The fourth-order valence-corrected chi connectivity index (χ4v) is 1.99. The Bertz CT molecular complexity index is 771. The molecule has 88 valence electrons. The third kappa shape index (κ3) is 1.73. The summed E-state index contributed by atoms with van der Waals surface area (Å²) >= 11 is 0. The van der Waals surface area contributed by atoms with Crippen LogP contribution in [0.1, 0.15) is 5.56 Å². The van der Waals surface area contributed by atoms with Crippen molar-refractivity contribution in [3.63, 3.8) is 0 Å². The second-order valence-electron chi connectivity index (χ2n) is 3.95. The van der Waals surface area contributed by atoms with Crippen LogP contribution in [0.4, 0.5) is 0 Å². The Morgan fingerprint density at radius 2 is 1.83 bits per heavy atom. The fourth-order valence-electron chi connectivity index (χ4n) is 1.99. The maximum Gasteiger partial charge on any atom is 0.235 e. The Balaban J connectivity index is 2.21. The summed E-state index contributed by atoms with van der Waals surface area (Å²) in [5.74, 6) is 0. The molecule has 3 aromatic rings. The van der Waals surface area contributed by atoms with Gasteiger partial charge in [-0.2, -0.15) is 0 Å². The van der Waals surface area contributed by atoms with E-state index in [1.807, 2.05) is 36.4 Å². The molecule has 0 bridgehead atoms. The van der Waals surface area contributed by atoms with Crippen LogP contribution in [0.2, 0.25) is 0 Å². The molecule has 3 rings (SSSR count). The monoisotopic (exact) mass is 239 g/mol. The highest BCUT2D eigenvalue weighted by Crippen LogP contribution is 2.29. The van der Waals surface area contributed by atoms with Gasteiger partial charge in [-0.1, -0.05) is 24.3 Å². The molecule has 0 radical (unpaired) electrons. The van der Waals surface area contributed by atoms with Crippen LogP contribution in [-0.4, -0.2) is 4.92 Å². The molecule has 1 aromatic heterocycles. The summed E-state index contributed by atoms with van der Waals surface area (Å²) in [6, 6.07) is 13.2.